The summed E-state index contributed by atoms with van der Waals surface area (Å²) in [4.78, 5) is 0. The molecule has 0 heterocycles. The molecule has 0 spiro atoms. The molecule has 4 aromatic carbocycles. The lowest BCUT2D eigenvalue weighted by atomic mass is 9.81. The minimum atomic E-state index is 0.549. The van der Waals surface area contributed by atoms with Gasteiger partial charge in [-0.3, -0.25) is 0 Å². The maximum absolute atomic E-state index is 5.98. The van der Waals surface area contributed by atoms with Crippen LogP contribution >= 0.6 is 0 Å². The second-order valence-electron chi connectivity index (χ2n) is 12.1. The van der Waals surface area contributed by atoms with E-state index in [2.05, 4.69) is 59.2 Å². The van der Waals surface area contributed by atoms with Crippen LogP contribution < -0.4 is 31.6 Å². The van der Waals surface area contributed by atoms with Crippen LogP contribution in [0.15, 0.2) is 97.1 Å². The van der Waals surface area contributed by atoms with E-state index in [9.17, 15) is 0 Å². The van der Waals surface area contributed by atoms with Gasteiger partial charge in [0.1, 0.15) is 24.7 Å². The number of benzene rings is 4. The summed E-state index contributed by atoms with van der Waals surface area (Å²) in [5, 5.41) is 7.47. The highest BCUT2D eigenvalue weighted by Gasteiger charge is 2.21. The molecule has 0 saturated heterocycles. The van der Waals surface area contributed by atoms with Crippen molar-refractivity contribution in [3.05, 3.63) is 130 Å². The molecule has 232 valence electrons. The fourth-order valence-corrected chi connectivity index (χ4v) is 6.05. The van der Waals surface area contributed by atoms with E-state index in [1.54, 1.807) is 0 Å². The Morgan fingerprint density at radius 1 is 0.545 bits per heavy atom. The van der Waals surface area contributed by atoms with Gasteiger partial charge in [0.15, 0.2) is 0 Å². The molecule has 0 bridgehead atoms. The van der Waals surface area contributed by atoms with E-state index in [1.807, 2.05) is 48.5 Å². The minimum Gasteiger partial charge on any atom is -0.489 e. The van der Waals surface area contributed by atoms with Gasteiger partial charge in [0.25, 0.3) is 0 Å². The molecule has 0 aliphatic heterocycles. The molecular weight excluding hydrogens is 544 g/mol. The number of hydrogen-bond donors (Lipinski definition) is 4. The van der Waals surface area contributed by atoms with E-state index >= 15 is 0 Å². The van der Waals surface area contributed by atoms with Gasteiger partial charge in [0, 0.05) is 26.2 Å². The molecule has 0 amide bonds. The lowest BCUT2D eigenvalue weighted by Gasteiger charge is -2.29. The highest BCUT2D eigenvalue weighted by atomic mass is 16.5. The van der Waals surface area contributed by atoms with Crippen molar-refractivity contribution in [1.82, 2.24) is 10.6 Å². The maximum Gasteiger partial charge on any atom is 0.119 e. The fourth-order valence-electron chi connectivity index (χ4n) is 6.05. The zero-order valence-electron chi connectivity index (χ0n) is 25.8. The summed E-state index contributed by atoms with van der Waals surface area (Å²) in [6.07, 6.45) is 5.24. The zero-order valence-corrected chi connectivity index (χ0v) is 25.8. The molecule has 5 rings (SSSR count). The molecule has 44 heavy (non-hydrogen) atoms. The predicted molar refractivity (Wildman–Crippen MR) is 179 cm³/mol. The summed E-state index contributed by atoms with van der Waals surface area (Å²) >= 11 is 0. The summed E-state index contributed by atoms with van der Waals surface area (Å²) < 4.78 is 12.0. The highest BCUT2D eigenvalue weighted by molar-refractivity contribution is 5.30. The average Bonchev–Trinajstić information content (AvgIpc) is 3.07. The largest absolute Gasteiger partial charge is 0.489 e. The Morgan fingerprint density at radius 2 is 0.977 bits per heavy atom. The molecule has 0 radical (unpaired) electrons. The Balaban J connectivity index is 0.989. The number of nitrogens with two attached hydrogens (primary N) is 2. The quantitative estimate of drug-likeness (QED) is 0.120. The Labute approximate surface area is 263 Å². The number of nitrogens with one attached hydrogen (secondary N) is 2. The van der Waals surface area contributed by atoms with Crippen molar-refractivity contribution in [3.8, 4) is 11.5 Å². The van der Waals surface area contributed by atoms with Crippen LogP contribution in [-0.2, 0) is 39.4 Å². The monoisotopic (exact) mass is 592 g/mol. The maximum atomic E-state index is 5.98. The summed E-state index contributed by atoms with van der Waals surface area (Å²) in [6.45, 7) is 6.14. The van der Waals surface area contributed by atoms with Crippen LogP contribution in [0.5, 0.6) is 11.5 Å². The van der Waals surface area contributed by atoms with E-state index in [0.29, 0.717) is 26.3 Å². The van der Waals surface area contributed by atoms with Gasteiger partial charge in [-0.1, -0.05) is 79.2 Å². The van der Waals surface area contributed by atoms with Gasteiger partial charge in [-0.05, 0) is 102 Å². The van der Waals surface area contributed by atoms with Crippen molar-refractivity contribution < 1.29 is 9.47 Å². The van der Waals surface area contributed by atoms with Crippen LogP contribution in [0.4, 0.5) is 0 Å². The molecular formula is C38H48N4O2. The van der Waals surface area contributed by atoms with Gasteiger partial charge in [-0.25, -0.2) is 0 Å². The smallest absolute Gasteiger partial charge is 0.119 e. The Bertz CT molecular complexity index is 1300. The number of hydrogen-bond acceptors (Lipinski definition) is 6. The highest BCUT2D eigenvalue weighted by Crippen LogP contribution is 2.28. The van der Waals surface area contributed by atoms with Gasteiger partial charge >= 0.3 is 0 Å². The third-order valence-corrected chi connectivity index (χ3v) is 8.53. The van der Waals surface area contributed by atoms with Crippen LogP contribution in [-0.4, -0.2) is 13.1 Å². The molecule has 6 heteroatoms. The molecule has 1 aliphatic carbocycles. The second kappa shape index (κ2) is 17.0. The first kappa shape index (κ1) is 31.7. The van der Waals surface area contributed by atoms with Gasteiger partial charge < -0.3 is 31.6 Å². The molecule has 1 aliphatic rings. The van der Waals surface area contributed by atoms with Crippen LogP contribution in [0.2, 0.25) is 0 Å². The normalized spacial score (nSPS) is 16.5. The first-order chi connectivity index (χ1) is 21.7. The lowest BCUT2D eigenvalue weighted by molar-refractivity contribution is 0.252. The summed E-state index contributed by atoms with van der Waals surface area (Å²) in [6, 6.07) is 33.4. The third kappa shape index (κ3) is 10.2. The van der Waals surface area contributed by atoms with E-state index in [0.717, 1.165) is 60.6 Å². The van der Waals surface area contributed by atoms with Crippen LogP contribution in [0.25, 0.3) is 0 Å². The molecule has 2 atom stereocenters. The number of ether oxygens (including phenoxy) is 2. The Morgan fingerprint density at radius 3 is 1.41 bits per heavy atom. The second-order valence-corrected chi connectivity index (χ2v) is 12.1. The lowest BCUT2D eigenvalue weighted by Crippen LogP contribution is -2.31. The topological polar surface area (TPSA) is 94.6 Å². The van der Waals surface area contributed by atoms with Crippen molar-refractivity contribution in [3.63, 3.8) is 0 Å². The predicted octanol–water partition coefficient (Wildman–Crippen LogP) is 6.45. The minimum absolute atomic E-state index is 0.549. The number of rotatable bonds is 16. The standard InChI is InChI=1S/C38H48N4O2/c39-21-29-10-14-37(15-11-29)43-27-35-8-2-6-33(19-35)25-41-23-31-4-1-5-32(18-31)24-42-26-34-7-3-9-36(20-34)28-44-38-16-12-30(22-40)13-17-38/h2-3,6-17,19-20,31-32,41-42H,1,4-5,18,21-28,39-40H2. The van der Waals surface area contributed by atoms with Crippen LogP contribution in [0.1, 0.15) is 59.1 Å². The fraction of sp³-hybridized carbons (Fsp3) is 0.368. The van der Waals surface area contributed by atoms with Gasteiger partial charge in [0.2, 0.25) is 0 Å². The average molecular weight is 593 g/mol. The summed E-state index contributed by atoms with van der Waals surface area (Å²) in [7, 11) is 0. The van der Waals surface area contributed by atoms with E-state index in [4.69, 9.17) is 20.9 Å². The van der Waals surface area contributed by atoms with E-state index < -0.39 is 0 Å². The first-order valence-electron chi connectivity index (χ1n) is 16.1. The van der Waals surface area contributed by atoms with Crippen molar-refractivity contribution in [2.75, 3.05) is 13.1 Å². The molecule has 0 aromatic heterocycles. The Kier molecular flexibility index (Phi) is 12.2. The van der Waals surface area contributed by atoms with Crippen LogP contribution in [0, 0.1) is 11.8 Å². The molecule has 1 fully saturated rings. The molecule has 6 N–H and O–H groups in total. The molecule has 4 aromatic rings. The zero-order chi connectivity index (χ0) is 30.4. The molecule has 2 unspecified atom stereocenters. The van der Waals surface area contributed by atoms with Gasteiger partial charge in [-0.2, -0.15) is 0 Å². The van der Waals surface area contributed by atoms with Crippen molar-refractivity contribution in [1.29, 1.82) is 0 Å². The summed E-state index contributed by atoms with van der Waals surface area (Å²) in [5.74, 6) is 3.21. The Hall–Kier alpha value is -3.68. The van der Waals surface area contributed by atoms with E-state index in [1.165, 1.54) is 47.9 Å². The van der Waals surface area contributed by atoms with E-state index in [-0.39, 0.29) is 0 Å². The van der Waals surface area contributed by atoms with Gasteiger partial charge in [-0.15, -0.1) is 0 Å². The summed E-state index contributed by atoms with van der Waals surface area (Å²) in [5.41, 5.74) is 18.6. The van der Waals surface area contributed by atoms with Crippen molar-refractivity contribution in [2.24, 2.45) is 23.3 Å². The van der Waals surface area contributed by atoms with Crippen molar-refractivity contribution in [2.45, 2.75) is 65.1 Å². The SMILES string of the molecule is NCc1ccc(OCc2cccc(CNCC3CCCC(CNCc4cccc(COc5ccc(CN)cc5)c4)C3)c2)cc1. The van der Waals surface area contributed by atoms with Gasteiger partial charge in [0.05, 0.1) is 0 Å². The molecule has 1 saturated carbocycles. The first-order valence-corrected chi connectivity index (χ1v) is 16.1. The van der Waals surface area contributed by atoms with Crippen LogP contribution in [0.3, 0.4) is 0 Å². The van der Waals surface area contributed by atoms with Crippen molar-refractivity contribution >= 4 is 0 Å². The molecule has 6 nitrogen and oxygen atoms in total. The third-order valence-electron chi connectivity index (χ3n) is 8.53.